The van der Waals surface area contributed by atoms with Gasteiger partial charge in [-0.25, -0.2) is 13.1 Å². The van der Waals surface area contributed by atoms with Gasteiger partial charge in [0.2, 0.25) is 5.91 Å². The fourth-order valence-electron chi connectivity index (χ4n) is 1.72. The van der Waals surface area contributed by atoms with E-state index >= 15 is 0 Å². The molecule has 1 aromatic carbocycles. The third kappa shape index (κ3) is 3.16. The number of alkyl halides is 3. The standard InChI is InChI=1S/C12H11ClF3NO3S/c1-11(5-6-11)10(18)17-21(19,20)9-7(12(14,15)16)3-2-4-8(9)13/h2-4H,5-6H2,1H3,(H,17,18). The third-order valence-electron chi connectivity index (χ3n) is 3.32. The van der Waals surface area contributed by atoms with Crippen LogP contribution >= 0.6 is 11.6 Å². The highest BCUT2D eigenvalue weighted by molar-refractivity contribution is 7.90. The number of carbonyl (C=O) groups is 1. The summed E-state index contributed by atoms with van der Waals surface area (Å²) in [7, 11) is -4.70. The number of hydrogen-bond acceptors (Lipinski definition) is 3. The summed E-state index contributed by atoms with van der Waals surface area (Å²) in [6.07, 6.45) is -3.92. The molecule has 116 valence electrons. The van der Waals surface area contributed by atoms with Crippen molar-refractivity contribution in [3.63, 3.8) is 0 Å². The number of nitrogens with one attached hydrogen (secondary N) is 1. The Morgan fingerprint density at radius 2 is 1.90 bits per heavy atom. The van der Waals surface area contributed by atoms with E-state index in [-0.39, 0.29) is 0 Å². The molecule has 1 fully saturated rings. The smallest absolute Gasteiger partial charge is 0.273 e. The first-order valence-corrected chi connectivity index (χ1v) is 7.76. The molecule has 0 heterocycles. The van der Waals surface area contributed by atoms with Crippen LogP contribution in [0.1, 0.15) is 25.3 Å². The van der Waals surface area contributed by atoms with Crippen molar-refractivity contribution in [2.75, 3.05) is 0 Å². The molecule has 0 bridgehead atoms. The minimum absolute atomic E-state index is 0.489. The SMILES string of the molecule is CC1(C(=O)NS(=O)(=O)c2c(Cl)cccc2C(F)(F)F)CC1. The van der Waals surface area contributed by atoms with Crippen LogP contribution in [0.3, 0.4) is 0 Å². The molecule has 1 aliphatic carbocycles. The van der Waals surface area contributed by atoms with Gasteiger partial charge in [-0.2, -0.15) is 13.2 Å². The summed E-state index contributed by atoms with van der Waals surface area (Å²) in [6.45, 7) is 1.54. The summed E-state index contributed by atoms with van der Waals surface area (Å²) in [5.74, 6) is -0.824. The summed E-state index contributed by atoms with van der Waals surface area (Å²) in [6, 6.07) is 2.62. The van der Waals surface area contributed by atoms with E-state index in [1.165, 1.54) is 6.92 Å². The minimum Gasteiger partial charge on any atom is -0.273 e. The normalized spacial score (nSPS) is 17.4. The van der Waals surface area contributed by atoms with Gasteiger partial charge in [0.15, 0.2) is 0 Å². The summed E-state index contributed by atoms with van der Waals surface area (Å²) >= 11 is 5.60. The lowest BCUT2D eigenvalue weighted by Crippen LogP contribution is -2.36. The van der Waals surface area contributed by atoms with E-state index in [2.05, 4.69) is 0 Å². The minimum atomic E-state index is -4.90. The Labute approximate surface area is 124 Å². The molecular formula is C12H11ClF3NO3S. The Balaban J connectivity index is 2.47. The van der Waals surface area contributed by atoms with Gasteiger partial charge in [0, 0.05) is 5.41 Å². The van der Waals surface area contributed by atoms with Gasteiger partial charge in [-0.05, 0) is 25.0 Å². The molecule has 0 unspecified atom stereocenters. The second kappa shape index (κ2) is 4.88. The summed E-state index contributed by atoms with van der Waals surface area (Å²) in [4.78, 5) is 10.6. The van der Waals surface area contributed by atoms with Crippen molar-refractivity contribution in [3.8, 4) is 0 Å². The van der Waals surface area contributed by atoms with Crippen LogP contribution in [0.4, 0.5) is 13.2 Å². The van der Waals surface area contributed by atoms with Crippen LogP contribution in [0.5, 0.6) is 0 Å². The van der Waals surface area contributed by atoms with E-state index < -0.39 is 43.0 Å². The average molecular weight is 342 g/mol. The highest BCUT2D eigenvalue weighted by atomic mass is 35.5. The van der Waals surface area contributed by atoms with Gasteiger partial charge < -0.3 is 0 Å². The average Bonchev–Trinajstić information content (AvgIpc) is 3.06. The van der Waals surface area contributed by atoms with E-state index in [0.29, 0.717) is 18.9 Å². The number of rotatable bonds is 3. The van der Waals surface area contributed by atoms with E-state index in [1.807, 2.05) is 0 Å². The molecule has 0 atom stereocenters. The topological polar surface area (TPSA) is 63.2 Å². The molecule has 0 aromatic heterocycles. The highest BCUT2D eigenvalue weighted by Crippen LogP contribution is 2.45. The van der Waals surface area contributed by atoms with Crippen molar-refractivity contribution < 1.29 is 26.4 Å². The molecule has 4 nitrogen and oxygen atoms in total. The lowest BCUT2D eigenvalue weighted by molar-refractivity contribution is -0.140. The van der Waals surface area contributed by atoms with Gasteiger partial charge in [-0.1, -0.05) is 24.6 Å². The second-order valence-electron chi connectivity index (χ2n) is 5.11. The van der Waals surface area contributed by atoms with Crippen molar-refractivity contribution in [2.45, 2.75) is 30.8 Å². The summed E-state index contributed by atoms with van der Waals surface area (Å²) < 4.78 is 64.6. The zero-order valence-electron chi connectivity index (χ0n) is 10.8. The molecule has 0 radical (unpaired) electrons. The van der Waals surface area contributed by atoms with E-state index in [1.54, 1.807) is 4.72 Å². The molecule has 9 heteroatoms. The fraction of sp³-hybridized carbons (Fsp3) is 0.417. The Morgan fingerprint density at radius 3 is 2.38 bits per heavy atom. The van der Waals surface area contributed by atoms with Crippen LogP contribution in [0.2, 0.25) is 5.02 Å². The van der Waals surface area contributed by atoms with Crippen LogP contribution in [0.25, 0.3) is 0 Å². The van der Waals surface area contributed by atoms with Gasteiger partial charge in [0.1, 0.15) is 4.90 Å². The zero-order valence-corrected chi connectivity index (χ0v) is 12.4. The predicted molar refractivity (Wildman–Crippen MR) is 69.1 cm³/mol. The van der Waals surface area contributed by atoms with Crippen LogP contribution in [-0.2, 0) is 21.0 Å². The van der Waals surface area contributed by atoms with Crippen LogP contribution in [0.15, 0.2) is 23.1 Å². The molecule has 0 aliphatic heterocycles. The van der Waals surface area contributed by atoms with Gasteiger partial charge in [-0.3, -0.25) is 4.79 Å². The maximum Gasteiger partial charge on any atom is 0.417 e. The predicted octanol–water partition coefficient (Wildman–Crippen LogP) is 2.96. The van der Waals surface area contributed by atoms with Gasteiger partial charge in [-0.15, -0.1) is 0 Å². The molecule has 1 N–H and O–H groups in total. The number of sulfonamides is 1. The van der Waals surface area contributed by atoms with Gasteiger partial charge in [0.25, 0.3) is 10.0 Å². The number of halogens is 4. The summed E-state index contributed by atoms with van der Waals surface area (Å²) in [5.41, 5.74) is -2.25. The maximum atomic E-state index is 12.9. The van der Waals surface area contributed by atoms with Crippen molar-refractivity contribution >= 4 is 27.5 Å². The Hall–Kier alpha value is -1.28. The Bertz CT molecular complexity index is 696. The first-order valence-electron chi connectivity index (χ1n) is 5.90. The highest BCUT2D eigenvalue weighted by Gasteiger charge is 2.47. The lowest BCUT2D eigenvalue weighted by Gasteiger charge is -2.16. The molecule has 21 heavy (non-hydrogen) atoms. The van der Waals surface area contributed by atoms with Crippen molar-refractivity contribution in [1.29, 1.82) is 0 Å². The Morgan fingerprint density at radius 1 is 1.33 bits per heavy atom. The summed E-state index contributed by atoms with van der Waals surface area (Å²) in [5, 5.41) is -0.592. The number of hydrogen-bond donors (Lipinski definition) is 1. The van der Waals surface area contributed by atoms with Crippen molar-refractivity contribution in [1.82, 2.24) is 4.72 Å². The first kappa shape index (κ1) is 16.1. The third-order valence-corrected chi connectivity index (χ3v) is 5.17. The molecule has 0 spiro atoms. The Kier molecular flexibility index (Phi) is 3.74. The largest absolute Gasteiger partial charge is 0.417 e. The van der Waals surface area contributed by atoms with Gasteiger partial charge >= 0.3 is 6.18 Å². The van der Waals surface area contributed by atoms with Crippen molar-refractivity contribution in [2.24, 2.45) is 5.41 Å². The van der Waals surface area contributed by atoms with Crippen molar-refractivity contribution in [3.05, 3.63) is 28.8 Å². The quantitative estimate of drug-likeness (QED) is 0.919. The molecule has 1 amide bonds. The molecule has 1 saturated carbocycles. The molecular weight excluding hydrogens is 331 g/mol. The monoisotopic (exact) mass is 341 g/mol. The van der Waals surface area contributed by atoms with E-state index in [0.717, 1.165) is 12.1 Å². The molecule has 1 aliphatic rings. The van der Waals surface area contributed by atoms with E-state index in [4.69, 9.17) is 11.6 Å². The number of benzene rings is 1. The lowest BCUT2D eigenvalue weighted by atomic mass is 10.1. The number of amides is 1. The zero-order chi connectivity index (χ0) is 16.1. The second-order valence-corrected chi connectivity index (χ2v) is 7.14. The maximum absolute atomic E-state index is 12.9. The van der Waals surface area contributed by atoms with Crippen LogP contribution in [0, 0.1) is 5.41 Å². The molecule has 1 aromatic rings. The first-order chi connectivity index (χ1) is 9.47. The number of carbonyl (C=O) groups excluding carboxylic acids is 1. The molecule has 0 saturated heterocycles. The van der Waals surface area contributed by atoms with Gasteiger partial charge in [0.05, 0.1) is 10.6 Å². The van der Waals surface area contributed by atoms with Crippen LogP contribution in [-0.4, -0.2) is 14.3 Å². The fourth-order valence-corrected chi connectivity index (χ4v) is 3.59. The van der Waals surface area contributed by atoms with E-state index in [9.17, 15) is 26.4 Å². The molecule has 2 rings (SSSR count). The van der Waals surface area contributed by atoms with Crippen LogP contribution < -0.4 is 4.72 Å².